The van der Waals surface area contributed by atoms with Gasteiger partial charge in [0, 0.05) is 41.8 Å². The van der Waals surface area contributed by atoms with Crippen molar-refractivity contribution in [2.75, 3.05) is 67.8 Å². The Balaban J connectivity index is 1.29. The molecule has 206 valence electrons. The number of halogens is 4. The highest BCUT2D eigenvalue weighted by atomic mass is 79.9. The van der Waals surface area contributed by atoms with Gasteiger partial charge in [0.25, 0.3) is 0 Å². The number of nitrogens with zero attached hydrogens (tertiary/aromatic N) is 6. The fourth-order valence-electron chi connectivity index (χ4n) is 3.96. The van der Waals surface area contributed by atoms with Gasteiger partial charge in [-0.15, -0.1) is 0 Å². The van der Waals surface area contributed by atoms with Crippen molar-refractivity contribution >= 4 is 79.1 Å². The summed E-state index contributed by atoms with van der Waals surface area (Å²) < 4.78 is 18.5. The monoisotopic (exact) mass is 699 g/mol. The van der Waals surface area contributed by atoms with Crippen LogP contribution in [0.15, 0.2) is 44.4 Å². The van der Waals surface area contributed by atoms with E-state index in [2.05, 4.69) is 62.2 Å². The Morgan fingerprint density at radius 1 is 0.897 bits per heavy atom. The first-order chi connectivity index (χ1) is 19.0. The van der Waals surface area contributed by atoms with Gasteiger partial charge in [0.05, 0.1) is 41.6 Å². The second-order valence-corrected chi connectivity index (χ2v) is 11.2. The fraction of sp³-hybridized carbons (Fsp3) is 0.360. The quantitative estimate of drug-likeness (QED) is 0.245. The standard InChI is InChI=1S/C25H25Br2Cl2N7O3/c26-19-11-16(12-20(27)22(19)39-15-17-1-2-18(28)13-21(17)29)14-30-34-23-31-24(35-3-7-37-8-4-35)33-25(32-23)36-5-9-38-10-6-36/h1-2,11-14H,3-10,15H2,(H,31,32,33,34)/b30-14+. The van der Waals surface area contributed by atoms with E-state index >= 15 is 0 Å². The Morgan fingerprint density at radius 2 is 1.49 bits per heavy atom. The topological polar surface area (TPSA) is 97.2 Å². The highest BCUT2D eigenvalue weighted by molar-refractivity contribution is 9.11. The third kappa shape index (κ3) is 7.50. The molecule has 0 amide bonds. The summed E-state index contributed by atoms with van der Waals surface area (Å²) in [4.78, 5) is 18.1. The first-order valence-electron chi connectivity index (χ1n) is 12.2. The van der Waals surface area contributed by atoms with E-state index in [1.807, 2.05) is 18.2 Å². The number of hydrogen-bond acceptors (Lipinski definition) is 10. The number of nitrogens with one attached hydrogen (secondary N) is 1. The van der Waals surface area contributed by atoms with Crippen molar-refractivity contribution in [2.24, 2.45) is 5.10 Å². The maximum atomic E-state index is 6.27. The minimum atomic E-state index is 0.290. The van der Waals surface area contributed by atoms with Crippen LogP contribution in [0, 0.1) is 0 Å². The minimum Gasteiger partial charge on any atom is -0.486 e. The van der Waals surface area contributed by atoms with Crippen LogP contribution < -0.4 is 20.0 Å². The van der Waals surface area contributed by atoms with Crippen molar-refractivity contribution in [3.05, 3.63) is 60.4 Å². The lowest BCUT2D eigenvalue weighted by atomic mass is 10.2. The summed E-state index contributed by atoms with van der Waals surface area (Å²) in [5.74, 6) is 2.21. The SMILES string of the molecule is Clc1ccc(COc2c(Br)cc(/C=N/Nc3nc(N4CCOCC4)nc(N4CCOCC4)n3)cc2Br)c(Cl)c1. The van der Waals surface area contributed by atoms with Crippen LogP contribution in [-0.2, 0) is 16.1 Å². The van der Waals surface area contributed by atoms with E-state index < -0.39 is 0 Å². The van der Waals surface area contributed by atoms with E-state index in [9.17, 15) is 0 Å². The van der Waals surface area contributed by atoms with Crippen molar-refractivity contribution in [3.8, 4) is 5.75 Å². The first kappa shape index (κ1) is 28.3. The number of benzene rings is 2. The third-order valence-corrected chi connectivity index (χ3v) is 7.75. The van der Waals surface area contributed by atoms with Crippen LogP contribution in [-0.4, -0.2) is 73.8 Å². The van der Waals surface area contributed by atoms with Crippen LogP contribution in [0.2, 0.25) is 10.0 Å². The molecule has 0 aliphatic carbocycles. The molecule has 2 saturated heterocycles. The molecule has 2 aromatic carbocycles. The van der Waals surface area contributed by atoms with E-state index in [1.165, 1.54) is 0 Å². The molecule has 3 aromatic rings. The molecule has 2 aliphatic rings. The average molecular weight is 702 g/mol. The number of morpholine rings is 2. The highest BCUT2D eigenvalue weighted by Crippen LogP contribution is 2.35. The number of anilines is 3. The number of hydrazone groups is 1. The second kappa shape index (κ2) is 13.4. The summed E-state index contributed by atoms with van der Waals surface area (Å²) in [5.41, 5.74) is 4.63. The Bertz CT molecular complexity index is 1280. The zero-order valence-electron chi connectivity index (χ0n) is 20.7. The van der Waals surface area contributed by atoms with Gasteiger partial charge < -0.3 is 24.0 Å². The Hall–Kier alpha value is -2.22. The summed E-state index contributed by atoms with van der Waals surface area (Å²) in [6, 6.07) is 9.12. The predicted molar refractivity (Wildman–Crippen MR) is 160 cm³/mol. The van der Waals surface area contributed by atoms with Gasteiger partial charge in [-0.25, -0.2) is 5.43 Å². The molecule has 0 radical (unpaired) electrons. The fourth-order valence-corrected chi connectivity index (χ4v) is 5.87. The normalized spacial score (nSPS) is 16.1. The summed E-state index contributed by atoms with van der Waals surface area (Å²) in [6.45, 7) is 5.70. The van der Waals surface area contributed by atoms with Crippen LogP contribution in [0.25, 0.3) is 0 Å². The molecule has 39 heavy (non-hydrogen) atoms. The van der Waals surface area contributed by atoms with Crippen LogP contribution in [0.5, 0.6) is 5.75 Å². The van der Waals surface area contributed by atoms with Crippen molar-refractivity contribution in [1.29, 1.82) is 0 Å². The van der Waals surface area contributed by atoms with E-state index in [1.54, 1.807) is 18.3 Å². The Morgan fingerprint density at radius 3 is 2.05 bits per heavy atom. The van der Waals surface area contributed by atoms with Gasteiger partial charge in [-0.1, -0.05) is 29.3 Å². The van der Waals surface area contributed by atoms with Crippen molar-refractivity contribution in [2.45, 2.75) is 6.61 Å². The summed E-state index contributed by atoms with van der Waals surface area (Å²) in [6.07, 6.45) is 1.68. The summed E-state index contributed by atoms with van der Waals surface area (Å²) in [7, 11) is 0. The van der Waals surface area contributed by atoms with Gasteiger partial charge >= 0.3 is 0 Å². The van der Waals surface area contributed by atoms with Crippen molar-refractivity contribution < 1.29 is 14.2 Å². The lowest BCUT2D eigenvalue weighted by molar-refractivity contribution is 0.121. The summed E-state index contributed by atoms with van der Waals surface area (Å²) >= 11 is 19.4. The van der Waals surface area contributed by atoms with Crippen LogP contribution in [0.3, 0.4) is 0 Å². The van der Waals surface area contributed by atoms with E-state index in [0.717, 1.165) is 46.3 Å². The highest BCUT2D eigenvalue weighted by Gasteiger charge is 2.20. The molecule has 2 aliphatic heterocycles. The van der Waals surface area contributed by atoms with Gasteiger partial charge in [-0.05, 0) is 61.7 Å². The molecule has 0 spiro atoms. The van der Waals surface area contributed by atoms with Crippen molar-refractivity contribution in [3.63, 3.8) is 0 Å². The number of rotatable bonds is 8. The molecule has 0 atom stereocenters. The van der Waals surface area contributed by atoms with E-state index in [0.29, 0.717) is 66.7 Å². The molecule has 0 saturated carbocycles. The van der Waals surface area contributed by atoms with Gasteiger partial charge in [0.15, 0.2) is 0 Å². The van der Waals surface area contributed by atoms with Crippen LogP contribution in [0.4, 0.5) is 17.8 Å². The van der Waals surface area contributed by atoms with Crippen molar-refractivity contribution in [1.82, 2.24) is 15.0 Å². The predicted octanol–water partition coefficient (Wildman–Crippen LogP) is 5.40. The third-order valence-electron chi connectivity index (χ3n) is 5.99. The lowest BCUT2D eigenvalue weighted by Crippen LogP contribution is -2.40. The first-order valence-corrected chi connectivity index (χ1v) is 14.6. The van der Waals surface area contributed by atoms with Gasteiger partial charge in [0.1, 0.15) is 12.4 Å². The Kier molecular flexibility index (Phi) is 9.75. The molecule has 3 heterocycles. The molecule has 1 aromatic heterocycles. The van der Waals surface area contributed by atoms with E-state index in [-0.39, 0.29) is 0 Å². The molecule has 5 rings (SSSR count). The molecule has 2 fully saturated rings. The number of hydrogen-bond donors (Lipinski definition) is 1. The molecular formula is C25H25Br2Cl2N7O3. The van der Waals surface area contributed by atoms with Gasteiger partial charge in [-0.3, -0.25) is 0 Å². The second-order valence-electron chi connectivity index (χ2n) is 8.67. The van der Waals surface area contributed by atoms with Gasteiger partial charge in [0.2, 0.25) is 17.8 Å². The maximum Gasteiger partial charge on any atom is 0.250 e. The summed E-state index contributed by atoms with van der Waals surface area (Å²) in [5, 5.41) is 5.51. The molecular weight excluding hydrogens is 677 g/mol. The minimum absolute atomic E-state index is 0.290. The Labute approximate surface area is 252 Å². The zero-order valence-corrected chi connectivity index (χ0v) is 25.4. The average Bonchev–Trinajstić information content (AvgIpc) is 2.94. The number of aromatic nitrogens is 3. The molecule has 1 N–H and O–H groups in total. The molecule has 0 bridgehead atoms. The van der Waals surface area contributed by atoms with E-state index in [4.69, 9.17) is 42.4 Å². The van der Waals surface area contributed by atoms with Crippen LogP contribution in [0.1, 0.15) is 11.1 Å². The zero-order chi connectivity index (χ0) is 27.2. The molecule has 0 unspecified atom stereocenters. The smallest absolute Gasteiger partial charge is 0.250 e. The largest absolute Gasteiger partial charge is 0.486 e. The lowest BCUT2D eigenvalue weighted by Gasteiger charge is -2.30. The van der Waals surface area contributed by atoms with Crippen LogP contribution >= 0.6 is 55.1 Å². The van der Waals surface area contributed by atoms with Gasteiger partial charge in [-0.2, -0.15) is 20.1 Å². The molecule has 14 heteroatoms. The number of ether oxygens (including phenoxy) is 3. The molecule has 10 nitrogen and oxygen atoms in total. The maximum absolute atomic E-state index is 6.27.